The molecule has 1 amide bonds. The van der Waals surface area contributed by atoms with Crippen LogP contribution in [0.15, 0.2) is 36.4 Å². The Morgan fingerprint density at radius 2 is 2.14 bits per heavy atom. The summed E-state index contributed by atoms with van der Waals surface area (Å²) >= 11 is 0. The van der Waals surface area contributed by atoms with Crippen molar-refractivity contribution in [2.45, 2.75) is 18.9 Å². The topological polar surface area (TPSA) is 49.8 Å². The molecule has 1 unspecified atom stereocenters. The van der Waals surface area contributed by atoms with Crippen molar-refractivity contribution < 1.29 is 14.6 Å². The van der Waals surface area contributed by atoms with Crippen LogP contribution in [-0.2, 0) is 4.74 Å². The summed E-state index contributed by atoms with van der Waals surface area (Å²) in [5.74, 6) is -0.119. The zero-order valence-electron chi connectivity index (χ0n) is 12.1. The van der Waals surface area contributed by atoms with Gasteiger partial charge in [-0.1, -0.05) is 30.3 Å². The number of phenols is 1. The summed E-state index contributed by atoms with van der Waals surface area (Å²) in [7, 11) is 1.75. The lowest BCUT2D eigenvalue weighted by atomic mass is 10.0. The first-order valence-corrected chi connectivity index (χ1v) is 7.24. The van der Waals surface area contributed by atoms with Crippen molar-refractivity contribution in [2.24, 2.45) is 0 Å². The summed E-state index contributed by atoms with van der Waals surface area (Å²) in [6.45, 7) is 1.33. The molecule has 1 heterocycles. The van der Waals surface area contributed by atoms with E-state index < -0.39 is 0 Å². The largest absolute Gasteiger partial charge is 0.506 e. The first-order chi connectivity index (χ1) is 10.2. The molecule has 1 aliphatic rings. The highest BCUT2D eigenvalue weighted by Crippen LogP contribution is 2.29. The molecule has 21 heavy (non-hydrogen) atoms. The van der Waals surface area contributed by atoms with Gasteiger partial charge in [0, 0.05) is 25.6 Å². The van der Waals surface area contributed by atoms with Crippen LogP contribution in [0, 0.1) is 0 Å². The highest BCUT2D eigenvalue weighted by Gasteiger charge is 2.22. The molecule has 1 atom stereocenters. The number of nitrogens with zero attached hydrogens (tertiary/aromatic N) is 1. The number of aromatic hydroxyl groups is 1. The van der Waals surface area contributed by atoms with Crippen LogP contribution in [0.2, 0.25) is 0 Å². The monoisotopic (exact) mass is 285 g/mol. The molecule has 2 aromatic carbocycles. The molecule has 3 rings (SSSR count). The van der Waals surface area contributed by atoms with Crippen molar-refractivity contribution in [3.05, 3.63) is 42.0 Å². The van der Waals surface area contributed by atoms with Gasteiger partial charge >= 0.3 is 0 Å². The predicted octanol–water partition coefficient (Wildman–Crippen LogP) is 2.80. The van der Waals surface area contributed by atoms with Crippen molar-refractivity contribution >= 4 is 16.7 Å². The lowest BCUT2D eigenvalue weighted by molar-refractivity contribution is 0.0585. The summed E-state index contributed by atoms with van der Waals surface area (Å²) in [6, 6.07) is 11.0. The smallest absolute Gasteiger partial charge is 0.257 e. The molecule has 4 nitrogen and oxygen atoms in total. The van der Waals surface area contributed by atoms with Gasteiger partial charge in [-0.15, -0.1) is 0 Å². The van der Waals surface area contributed by atoms with Gasteiger partial charge in [-0.3, -0.25) is 4.79 Å². The van der Waals surface area contributed by atoms with E-state index in [9.17, 15) is 9.90 Å². The number of hydrogen-bond donors (Lipinski definition) is 1. The van der Waals surface area contributed by atoms with Gasteiger partial charge in [0.25, 0.3) is 5.91 Å². The summed E-state index contributed by atoms with van der Waals surface area (Å²) in [5, 5.41) is 12.0. The fourth-order valence-electron chi connectivity index (χ4n) is 2.81. The van der Waals surface area contributed by atoms with Crippen LogP contribution < -0.4 is 0 Å². The van der Waals surface area contributed by atoms with Crippen LogP contribution in [-0.4, -0.2) is 42.2 Å². The van der Waals surface area contributed by atoms with E-state index in [1.165, 1.54) is 0 Å². The van der Waals surface area contributed by atoms with Crippen LogP contribution in [0.3, 0.4) is 0 Å². The van der Waals surface area contributed by atoms with Crippen LogP contribution in [0.25, 0.3) is 10.8 Å². The maximum atomic E-state index is 12.5. The highest BCUT2D eigenvalue weighted by molar-refractivity contribution is 6.03. The van der Waals surface area contributed by atoms with Gasteiger partial charge in [0.1, 0.15) is 5.75 Å². The van der Waals surface area contributed by atoms with E-state index in [1.54, 1.807) is 18.0 Å². The SMILES string of the molecule is CN(CC1CCCO1)C(=O)c1ccc2ccccc2c1O. The van der Waals surface area contributed by atoms with Crippen LogP contribution in [0.4, 0.5) is 0 Å². The van der Waals surface area contributed by atoms with Crippen molar-refractivity contribution in [1.29, 1.82) is 0 Å². The van der Waals surface area contributed by atoms with Gasteiger partial charge in [-0.05, 0) is 24.3 Å². The normalized spacial score (nSPS) is 18.0. The molecule has 1 fully saturated rings. The molecule has 0 aromatic heterocycles. The number of rotatable bonds is 3. The molecule has 1 aliphatic heterocycles. The predicted molar refractivity (Wildman–Crippen MR) is 81.5 cm³/mol. The van der Waals surface area contributed by atoms with Gasteiger partial charge in [0.15, 0.2) is 0 Å². The molecular formula is C17H19NO3. The maximum absolute atomic E-state index is 12.5. The zero-order valence-corrected chi connectivity index (χ0v) is 12.1. The molecule has 0 saturated carbocycles. The minimum absolute atomic E-state index is 0.0530. The van der Waals surface area contributed by atoms with Crippen LogP contribution in [0.1, 0.15) is 23.2 Å². The Morgan fingerprint density at radius 1 is 1.33 bits per heavy atom. The van der Waals surface area contributed by atoms with Gasteiger partial charge in [-0.2, -0.15) is 0 Å². The Labute approximate surface area is 123 Å². The maximum Gasteiger partial charge on any atom is 0.257 e. The molecular weight excluding hydrogens is 266 g/mol. The van der Waals surface area contributed by atoms with Gasteiger partial charge < -0.3 is 14.7 Å². The number of amides is 1. The standard InChI is InChI=1S/C17H19NO3/c1-18(11-13-6-4-10-21-13)17(20)15-9-8-12-5-2-3-7-14(12)16(15)19/h2-3,5,7-9,13,19H,4,6,10-11H2,1H3. The second-order valence-electron chi connectivity index (χ2n) is 5.50. The summed E-state index contributed by atoms with van der Waals surface area (Å²) in [5.41, 5.74) is 0.342. The zero-order chi connectivity index (χ0) is 14.8. The molecule has 0 radical (unpaired) electrons. The number of carbonyl (C=O) groups excluding carboxylic acids is 1. The minimum Gasteiger partial charge on any atom is -0.506 e. The Hall–Kier alpha value is -2.07. The van der Waals surface area contributed by atoms with Gasteiger partial charge in [0.05, 0.1) is 11.7 Å². The van der Waals surface area contributed by atoms with Crippen LogP contribution >= 0.6 is 0 Å². The average molecular weight is 285 g/mol. The van der Waals surface area contributed by atoms with Gasteiger partial charge in [0.2, 0.25) is 0 Å². The fourth-order valence-corrected chi connectivity index (χ4v) is 2.81. The van der Waals surface area contributed by atoms with Crippen molar-refractivity contribution in [1.82, 2.24) is 4.90 Å². The van der Waals surface area contributed by atoms with E-state index in [0.29, 0.717) is 17.5 Å². The van der Waals surface area contributed by atoms with Crippen LogP contribution in [0.5, 0.6) is 5.75 Å². The minimum atomic E-state index is -0.172. The number of benzene rings is 2. The highest BCUT2D eigenvalue weighted by atomic mass is 16.5. The second kappa shape index (κ2) is 5.74. The first kappa shape index (κ1) is 13.9. The Bertz CT molecular complexity index is 662. The number of carbonyl (C=O) groups is 1. The third-order valence-corrected chi connectivity index (χ3v) is 3.98. The third kappa shape index (κ3) is 2.72. The molecule has 110 valence electrons. The molecule has 1 saturated heterocycles. The number of likely N-dealkylation sites (N-methyl/N-ethyl adjacent to an activating group) is 1. The molecule has 1 N–H and O–H groups in total. The second-order valence-corrected chi connectivity index (χ2v) is 5.50. The van der Waals surface area contributed by atoms with E-state index in [2.05, 4.69) is 0 Å². The number of hydrogen-bond acceptors (Lipinski definition) is 3. The van der Waals surface area contributed by atoms with Crippen molar-refractivity contribution in [2.75, 3.05) is 20.2 Å². The quantitative estimate of drug-likeness (QED) is 0.943. The van der Waals surface area contributed by atoms with Crippen molar-refractivity contribution in [3.8, 4) is 5.75 Å². The third-order valence-electron chi connectivity index (χ3n) is 3.98. The molecule has 0 aliphatic carbocycles. The Morgan fingerprint density at radius 3 is 2.90 bits per heavy atom. The summed E-state index contributed by atoms with van der Waals surface area (Å²) in [6.07, 6.45) is 2.15. The summed E-state index contributed by atoms with van der Waals surface area (Å²) < 4.78 is 5.55. The molecule has 2 aromatic rings. The van der Waals surface area contributed by atoms with Crippen molar-refractivity contribution in [3.63, 3.8) is 0 Å². The Balaban J connectivity index is 1.85. The molecule has 0 spiro atoms. The number of phenolic OH excluding ortho intramolecular Hbond substituents is 1. The van der Waals surface area contributed by atoms with E-state index in [0.717, 1.165) is 24.8 Å². The Kier molecular flexibility index (Phi) is 3.80. The van der Waals surface area contributed by atoms with E-state index in [1.807, 2.05) is 30.3 Å². The van der Waals surface area contributed by atoms with Gasteiger partial charge in [-0.25, -0.2) is 0 Å². The van der Waals surface area contributed by atoms with E-state index in [4.69, 9.17) is 4.74 Å². The molecule has 4 heteroatoms. The number of ether oxygens (including phenoxy) is 1. The first-order valence-electron chi connectivity index (χ1n) is 7.24. The molecule has 0 bridgehead atoms. The average Bonchev–Trinajstić information content (AvgIpc) is 3.00. The van der Waals surface area contributed by atoms with E-state index in [-0.39, 0.29) is 17.8 Å². The fraction of sp³-hybridized carbons (Fsp3) is 0.353. The lowest BCUT2D eigenvalue weighted by Gasteiger charge is -2.21. The number of fused-ring (bicyclic) bond motifs is 1. The lowest BCUT2D eigenvalue weighted by Crippen LogP contribution is -2.34. The summed E-state index contributed by atoms with van der Waals surface area (Å²) in [4.78, 5) is 14.1. The van der Waals surface area contributed by atoms with E-state index >= 15 is 0 Å².